The molecule has 1 atom stereocenters. The Hall–Kier alpha value is -1.59. The fourth-order valence-electron chi connectivity index (χ4n) is 2.36. The Labute approximate surface area is 106 Å². The van der Waals surface area contributed by atoms with Gasteiger partial charge < -0.3 is 10.1 Å². The van der Waals surface area contributed by atoms with E-state index in [2.05, 4.69) is 15.4 Å². The maximum Gasteiger partial charge on any atom is 0.312 e. The predicted octanol–water partition coefficient (Wildman–Crippen LogP) is 1.15. The van der Waals surface area contributed by atoms with Gasteiger partial charge >= 0.3 is 5.97 Å². The standard InChI is InChI=1S/C12H18N4O2/c1-2-18-11(17)9-6-13-12-14-10(8-4-3-5-8)15-16(12)7-9/h8-9H,2-7H2,1H3,(H,13,14,15). The summed E-state index contributed by atoms with van der Waals surface area (Å²) in [5.74, 6) is 1.92. The van der Waals surface area contributed by atoms with Crippen LogP contribution in [0.25, 0.3) is 0 Å². The SMILES string of the molecule is CCOC(=O)C1CNc2nc(C3CCC3)nn2C1. The number of anilines is 1. The molecule has 1 saturated carbocycles. The molecule has 1 aliphatic heterocycles. The third-order valence-corrected chi connectivity index (χ3v) is 3.68. The van der Waals surface area contributed by atoms with Crippen molar-refractivity contribution in [3.8, 4) is 0 Å². The highest BCUT2D eigenvalue weighted by Gasteiger charge is 2.30. The van der Waals surface area contributed by atoms with Crippen molar-refractivity contribution in [1.29, 1.82) is 0 Å². The molecule has 2 aliphatic rings. The zero-order chi connectivity index (χ0) is 12.5. The van der Waals surface area contributed by atoms with Crippen LogP contribution in [0.2, 0.25) is 0 Å². The fourth-order valence-corrected chi connectivity index (χ4v) is 2.36. The number of nitrogens with zero attached hydrogens (tertiary/aromatic N) is 3. The van der Waals surface area contributed by atoms with Crippen molar-refractivity contribution in [3.63, 3.8) is 0 Å². The van der Waals surface area contributed by atoms with Crippen molar-refractivity contribution in [3.05, 3.63) is 5.82 Å². The molecule has 6 nitrogen and oxygen atoms in total. The van der Waals surface area contributed by atoms with Crippen LogP contribution >= 0.6 is 0 Å². The van der Waals surface area contributed by atoms with Crippen molar-refractivity contribution in [2.45, 2.75) is 38.6 Å². The van der Waals surface area contributed by atoms with E-state index in [0.29, 0.717) is 25.6 Å². The summed E-state index contributed by atoms with van der Waals surface area (Å²) in [7, 11) is 0. The van der Waals surface area contributed by atoms with Gasteiger partial charge in [-0.15, -0.1) is 0 Å². The summed E-state index contributed by atoms with van der Waals surface area (Å²) in [6.07, 6.45) is 3.64. The lowest BCUT2D eigenvalue weighted by molar-refractivity contribution is -0.148. The summed E-state index contributed by atoms with van der Waals surface area (Å²) in [6, 6.07) is 0. The molecule has 1 N–H and O–H groups in total. The topological polar surface area (TPSA) is 69.0 Å². The Morgan fingerprint density at radius 3 is 3.06 bits per heavy atom. The summed E-state index contributed by atoms with van der Waals surface area (Å²) >= 11 is 0. The second-order valence-electron chi connectivity index (χ2n) is 4.93. The molecule has 0 bridgehead atoms. The normalized spacial score (nSPS) is 22.8. The number of esters is 1. The van der Waals surface area contributed by atoms with E-state index in [1.165, 1.54) is 19.3 Å². The molecule has 1 unspecified atom stereocenters. The molecular weight excluding hydrogens is 232 g/mol. The van der Waals surface area contributed by atoms with E-state index in [9.17, 15) is 4.79 Å². The summed E-state index contributed by atoms with van der Waals surface area (Å²) in [5, 5.41) is 7.66. The molecule has 2 heterocycles. The zero-order valence-corrected chi connectivity index (χ0v) is 10.6. The molecule has 6 heteroatoms. The molecule has 0 amide bonds. The number of carbonyl (C=O) groups is 1. The van der Waals surface area contributed by atoms with Gasteiger partial charge in [0.15, 0.2) is 5.82 Å². The Kier molecular flexibility index (Phi) is 2.93. The minimum absolute atomic E-state index is 0.156. The Morgan fingerprint density at radius 1 is 1.56 bits per heavy atom. The van der Waals surface area contributed by atoms with Crippen LogP contribution < -0.4 is 5.32 Å². The van der Waals surface area contributed by atoms with Gasteiger partial charge in [0.25, 0.3) is 0 Å². The van der Waals surface area contributed by atoms with E-state index in [1.54, 1.807) is 4.68 Å². The highest BCUT2D eigenvalue weighted by Crippen LogP contribution is 2.35. The zero-order valence-electron chi connectivity index (χ0n) is 10.6. The fraction of sp³-hybridized carbons (Fsp3) is 0.750. The monoisotopic (exact) mass is 250 g/mol. The molecule has 0 spiro atoms. The maximum absolute atomic E-state index is 11.7. The summed E-state index contributed by atoms with van der Waals surface area (Å²) in [6.45, 7) is 3.40. The number of hydrogen-bond acceptors (Lipinski definition) is 5. The van der Waals surface area contributed by atoms with Crippen LogP contribution in [-0.4, -0.2) is 33.9 Å². The van der Waals surface area contributed by atoms with Crippen LogP contribution in [-0.2, 0) is 16.1 Å². The number of fused-ring (bicyclic) bond motifs is 1. The lowest BCUT2D eigenvalue weighted by atomic mass is 9.85. The van der Waals surface area contributed by atoms with Crippen molar-refractivity contribution >= 4 is 11.9 Å². The number of hydrogen-bond donors (Lipinski definition) is 1. The lowest BCUT2D eigenvalue weighted by Crippen LogP contribution is -2.34. The van der Waals surface area contributed by atoms with E-state index in [4.69, 9.17) is 4.74 Å². The molecule has 18 heavy (non-hydrogen) atoms. The van der Waals surface area contributed by atoms with Crippen LogP contribution in [0, 0.1) is 5.92 Å². The molecule has 1 aromatic rings. The third kappa shape index (κ3) is 1.95. The van der Waals surface area contributed by atoms with Gasteiger partial charge in [-0.25, -0.2) is 4.68 Å². The summed E-state index contributed by atoms with van der Waals surface area (Å²) in [4.78, 5) is 16.2. The molecular formula is C12H18N4O2. The van der Waals surface area contributed by atoms with Crippen LogP contribution in [0.1, 0.15) is 37.9 Å². The molecule has 1 aromatic heterocycles. The van der Waals surface area contributed by atoms with Crippen LogP contribution in [0.3, 0.4) is 0 Å². The minimum atomic E-state index is -0.159. The van der Waals surface area contributed by atoms with E-state index in [-0.39, 0.29) is 11.9 Å². The smallest absolute Gasteiger partial charge is 0.312 e. The van der Waals surface area contributed by atoms with Gasteiger partial charge in [-0.1, -0.05) is 6.42 Å². The quantitative estimate of drug-likeness (QED) is 0.815. The average Bonchev–Trinajstić information content (AvgIpc) is 2.68. The summed E-state index contributed by atoms with van der Waals surface area (Å²) < 4.78 is 6.85. The minimum Gasteiger partial charge on any atom is -0.466 e. The highest BCUT2D eigenvalue weighted by molar-refractivity contribution is 5.73. The van der Waals surface area contributed by atoms with E-state index in [0.717, 1.165) is 11.8 Å². The predicted molar refractivity (Wildman–Crippen MR) is 65.2 cm³/mol. The Morgan fingerprint density at radius 2 is 2.39 bits per heavy atom. The Balaban J connectivity index is 1.72. The van der Waals surface area contributed by atoms with Crippen LogP contribution in [0.15, 0.2) is 0 Å². The van der Waals surface area contributed by atoms with Gasteiger partial charge in [0.05, 0.1) is 19.1 Å². The van der Waals surface area contributed by atoms with E-state index in [1.807, 2.05) is 6.92 Å². The molecule has 98 valence electrons. The summed E-state index contributed by atoms with van der Waals surface area (Å²) in [5.41, 5.74) is 0. The van der Waals surface area contributed by atoms with Gasteiger partial charge in [0, 0.05) is 12.5 Å². The second-order valence-corrected chi connectivity index (χ2v) is 4.93. The largest absolute Gasteiger partial charge is 0.466 e. The first-order chi connectivity index (χ1) is 8.78. The number of aromatic nitrogens is 3. The molecule has 0 radical (unpaired) electrons. The van der Waals surface area contributed by atoms with Crippen molar-refractivity contribution in [2.75, 3.05) is 18.5 Å². The lowest BCUT2D eigenvalue weighted by Gasteiger charge is -2.22. The van der Waals surface area contributed by atoms with Crippen LogP contribution in [0.4, 0.5) is 5.95 Å². The van der Waals surface area contributed by atoms with Crippen LogP contribution in [0.5, 0.6) is 0 Å². The first-order valence-electron chi connectivity index (χ1n) is 6.63. The third-order valence-electron chi connectivity index (χ3n) is 3.68. The molecule has 1 aliphatic carbocycles. The van der Waals surface area contributed by atoms with Crippen molar-refractivity contribution in [2.24, 2.45) is 5.92 Å². The number of ether oxygens (including phenoxy) is 1. The van der Waals surface area contributed by atoms with Gasteiger partial charge in [0.2, 0.25) is 5.95 Å². The first kappa shape index (κ1) is 11.5. The first-order valence-corrected chi connectivity index (χ1v) is 6.63. The Bertz CT molecular complexity index is 453. The molecule has 0 saturated heterocycles. The van der Waals surface area contributed by atoms with Gasteiger partial charge in [-0.05, 0) is 19.8 Å². The highest BCUT2D eigenvalue weighted by atomic mass is 16.5. The van der Waals surface area contributed by atoms with E-state index >= 15 is 0 Å². The van der Waals surface area contributed by atoms with Crippen molar-refractivity contribution < 1.29 is 9.53 Å². The molecule has 3 rings (SSSR count). The van der Waals surface area contributed by atoms with Crippen molar-refractivity contribution in [1.82, 2.24) is 14.8 Å². The molecule has 0 aromatic carbocycles. The van der Waals surface area contributed by atoms with E-state index < -0.39 is 0 Å². The molecule has 1 fully saturated rings. The number of rotatable bonds is 3. The van der Waals surface area contributed by atoms with Gasteiger partial charge in [0.1, 0.15) is 0 Å². The second kappa shape index (κ2) is 4.59. The average molecular weight is 250 g/mol. The number of nitrogens with one attached hydrogen (secondary N) is 1. The van der Waals surface area contributed by atoms with Gasteiger partial charge in [-0.3, -0.25) is 4.79 Å². The maximum atomic E-state index is 11.7. The number of carbonyl (C=O) groups excluding carboxylic acids is 1. The van der Waals surface area contributed by atoms with Gasteiger partial charge in [-0.2, -0.15) is 10.1 Å².